The zero-order valence-electron chi connectivity index (χ0n) is 15.4. The van der Waals surface area contributed by atoms with Crippen molar-refractivity contribution >= 4 is 21.9 Å². The van der Waals surface area contributed by atoms with Crippen molar-refractivity contribution in [1.29, 1.82) is 0 Å². The number of hydrogen-bond acceptors (Lipinski definition) is 5. The van der Waals surface area contributed by atoms with Gasteiger partial charge in [0, 0.05) is 13.1 Å². The van der Waals surface area contributed by atoms with Gasteiger partial charge < -0.3 is 9.64 Å². The molecule has 144 valence electrons. The van der Waals surface area contributed by atoms with Gasteiger partial charge in [0.25, 0.3) is 5.91 Å². The number of sulfonamides is 1. The fourth-order valence-corrected chi connectivity index (χ4v) is 3.99. The fraction of sp³-hybridized carbons (Fsp3) is 0.556. The number of amides is 1. The van der Waals surface area contributed by atoms with E-state index in [1.54, 1.807) is 18.9 Å². The number of carbonyl (C=O) groups is 2. The third-order valence-electron chi connectivity index (χ3n) is 4.98. The summed E-state index contributed by atoms with van der Waals surface area (Å²) < 4.78 is 28.2. The molecule has 0 atom stereocenters. The first kappa shape index (κ1) is 20.4. The Hall–Kier alpha value is -1.93. The average molecular weight is 382 g/mol. The number of likely N-dealkylation sites (N-methyl/N-ethyl adjacent to an activating group) is 1. The van der Waals surface area contributed by atoms with Gasteiger partial charge in [-0.25, -0.2) is 18.4 Å². The summed E-state index contributed by atoms with van der Waals surface area (Å²) in [4.78, 5) is 25.9. The molecule has 1 aromatic carbocycles. The number of primary sulfonamides is 1. The topological polar surface area (TPSA) is 107 Å². The normalized spacial score (nSPS) is 20.5. The fourth-order valence-electron chi connectivity index (χ4n) is 3.18. The van der Waals surface area contributed by atoms with E-state index >= 15 is 0 Å². The van der Waals surface area contributed by atoms with E-state index in [0.717, 1.165) is 25.7 Å². The van der Waals surface area contributed by atoms with Crippen LogP contribution < -0.4 is 5.14 Å². The molecule has 7 nitrogen and oxygen atoms in total. The minimum Gasteiger partial charge on any atom is -0.452 e. The summed E-state index contributed by atoms with van der Waals surface area (Å²) in [5.74, 6) is -0.340. The summed E-state index contributed by atoms with van der Waals surface area (Å²) >= 11 is 0. The van der Waals surface area contributed by atoms with E-state index in [2.05, 4.69) is 6.92 Å². The van der Waals surface area contributed by atoms with Gasteiger partial charge in [0.05, 0.1) is 10.5 Å². The van der Waals surface area contributed by atoms with Crippen molar-refractivity contribution in [3.63, 3.8) is 0 Å². The Balaban J connectivity index is 1.97. The summed E-state index contributed by atoms with van der Waals surface area (Å²) in [5, 5.41) is 5.14. The Morgan fingerprint density at radius 2 is 1.85 bits per heavy atom. The van der Waals surface area contributed by atoms with Crippen molar-refractivity contribution in [2.24, 2.45) is 11.1 Å². The molecule has 1 fully saturated rings. The first-order chi connectivity index (χ1) is 12.1. The van der Waals surface area contributed by atoms with E-state index in [9.17, 15) is 18.0 Å². The molecule has 0 heterocycles. The lowest BCUT2D eigenvalue weighted by molar-refractivity contribution is -0.136. The Bertz CT molecular complexity index is 783. The highest BCUT2D eigenvalue weighted by Gasteiger charge is 2.25. The van der Waals surface area contributed by atoms with Crippen LogP contribution in [0, 0.1) is 12.8 Å². The van der Waals surface area contributed by atoms with E-state index in [1.807, 2.05) is 0 Å². The summed E-state index contributed by atoms with van der Waals surface area (Å²) in [5.41, 5.74) is 0.480. The molecule has 1 amide bonds. The Morgan fingerprint density at radius 1 is 1.23 bits per heavy atom. The number of aryl methyl sites for hydroxylation is 1. The molecule has 0 saturated heterocycles. The molecule has 8 heteroatoms. The Kier molecular flexibility index (Phi) is 6.41. The molecule has 2 N–H and O–H groups in total. The molecule has 0 aromatic heterocycles. The highest BCUT2D eigenvalue weighted by molar-refractivity contribution is 7.89. The van der Waals surface area contributed by atoms with Crippen molar-refractivity contribution < 1.29 is 22.7 Å². The molecule has 0 radical (unpaired) electrons. The lowest BCUT2D eigenvalue weighted by Crippen LogP contribution is -2.41. The standard InChI is InChI=1S/C18H26N2O5S/c1-12-4-8-15(9-5-12)20(3)17(21)11-25-18(22)14-7-6-13(2)16(10-14)26(19,23)24/h6-7,10,12,15H,4-5,8-9,11H2,1-3H3,(H2,19,23,24). The monoisotopic (exact) mass is 382 g/mol. The SMILES string of the molecule is Cc1ccc(C(=O)OCC(=O)N(C)C2CCC(C)CC2)cc1S(N)(=O)=O. The van der Waals surface area contributed by atoms with Crippen LogP contribution in [0.15, 0.2) is 23.1 Å². The molecule has 0 aliphatic heterocycles. The second-order valence-electron chi connectivity index (χ2n) is 7.02. The van der Waals surface area contributed by atoms with Crippen LogP contribution in [0.4, 0.5) is 0 Å². The average Bonchev–Trinajstić information content (AvgIpc) is 2.58. The summed E-state index contributed by atoms with van der Waals surface area (Å²) in [6.07, 6.45) is 4.07. The summed E-state index contributed by atoms with van der Waals surface area (Å²) in [6, 6.07) is 4.27. The molecular formula is C18H26N2O5S. The van der Waals surface area contributed by atoms with Gasteiger partial charge in [0.1, 0.15) is 0 Å². The molecule has 0 spiro atoms. The van der Waals surface area contributed by atoms with Gasteiger partial charge in [-0.05, 0) is 56.2 Å². The minimum absolute atomic E-state index is 0.0431. The minimum atomic E-state index is -3.94. The van der Waals surface area contributed by atoms with Crippen LogP contribution in [0.3, 0.4) is 0 Å². The van der Waals surface area contributed by atoms with Crippen LogP contribution in [0.25, 0.3) is 0 Å². The van der Waals surface area contributed by atoms with E-state index < -0.39 is 16.0 Å². The van der Waals surface area contributed by atoms with Crippen LogP contribution >= 0.6 is 0 Å². The van der Waals surface area contributed by atoms with Gasteiger partial charge in [-0.3, -0.25) is 4.79 Å². The largest absolute Gasteiger partial charge is 0.452 e. The Labute approximate surface area is 154 Å². The number of esters is 1. The Morgan fingerprint density at radius 3 is 2.42 bits per heavy atom. The van der Waals surface area contributed by atoms with Gasteiger partial charge in [0.15, 0.2) is 6.61 Å². The quantitative estimate of drug-likeness (QED) is 0.782. The molecule has 1 aromatic rings. The number of hydrogen-bond donors (Lipinski definition) is 1. The molecule has 1 aliphatic carbocycles. The van der Waals surface area contributed by atoms with Gasteiger partial charge >= 0.3 is 5.97 Å². The van der Waals surface area contributed by atoms with E-state index in [4.69, 9.17) is 9.88 Å². The number of benzene rings is 1. The van der Waals surface area contributed by atoms with Crippen LogP contribution in [-0.4, -0.2) is 44.9 Å². The van der Waals surface area contributed by atoms with Crippen molar-refractivity contribution in [3.05, 3.63) is 29.3 Å². The van der Waals surface area contributed by atoms with Gasteiger partial charge in [-0.15, -0.1) is 0 Å². The maximum absolute atomic E-state index is 12.3. The first-order valence-electron chi connectivity index (χ1n) is 8.66. The van der Waals surface area contributed by atoms with Crippen molar-refractivity contribution in [1.82, 2.24) is 4.90 Å². The van der Waals surface area contributed by atoms with E-state index in [0.29, 0.717) is 11.5 Å². The van der Waals surface area contributed by atoms with Gasteiger partial charge in [-0.1, -0.05) is 13.0 Å². The smallest absolute Gasteiger partial charge is 0.338 e. The zero-order valence-corrected chi connectivity index (χ0v) is 16.2. The number of ether oxygens (including phenoxy) is 1. The van der Waals surface area contributed by atoms with Crippen LogP contribution in [0.5, 0.6) is 0 Å². The highest BCUT2D eigenvalue weighted by atomic mass is 32.2. The van der Waals surface area contributed by atoms with Crippen molar-refractivity contribution in [3.8, 4) is 0 Å². The predicted octanol–water partition coefficient (Wildman–Crippen LogP) is 1.84. The lowest BCUT2D eigenvalue weighted by Gasteiger charge is -2.33. The maximum Gasteiger partial charge on any atom is 0.338 e. The number of rotatable bonds is 5. The number of carbonyl (C=O) groups excluding carboxylic acids is 2. The van der Waals surface area contributed by atoms with Gasteiger partial charge in [-0.2, -0.15) is 0 Å². The molecule has 0 bridgehead atoms. The summed E-state index contributed by atoms with van der Waals surface area (Å²) in [6.45, 7) is 3.41. The molecule has 1 saturated carbocycles. The third kappa shape index (κ3) is 5.04. The zero-order chi connectivity index (χ0) is 19.5. The number of nitrogens with two attached hydrogens (primary N) is 1. The number of nitrogens with zero attached hydrogens (tertiary/aromatic N) is 1. The van der Waals surface area contributed by atoms with E-state index in [-0.39, 0.29) is 29.0 Å². The molecule has 1 aliphatic rings. The van der Waals surface area contributed by atoms with Gasteiger partial charge in [0.2, 0.25) is 10.0 Å². The van der Waals surface area contributed by atoms with Crippen molar-refractivity contribution in [2.45, 2.75) is 50.5 Å². The first-order valence-corrected chi connectivity index (χ1v) is 10.2. The molecular weight excluding hydrogens is 356 g/mol. The molecule has 0 unspecified atom stereocenters. The van der Waals surface area contributed by atoms with Crippen molar-refractivity contribution in [2.75, 3.05) is 13.7 Å². The van der Waals surface area contributed by atoms with Crippen LogP contribution in [0.2, 0.25) is 0 Å². The third-order valence-corrected chi connectivity index (χ3v) is 6.04. The highest BCUT2D eigenvalue weighted by Crippen LogP contribution is 2.26. The van der Waals surface area contributed by atoms with E-state index in [1.165, 1.54) is 18.2 Å². The van der Waals surface area contributed by atoms with Crippen LogP contribution in [0.1, 0.15) is 48.5 Å². The lowest BCUT2D eigenvalue weighted by atomic mass is 9.87. The second-order valence-corrected chi connectivity index (χ2v) is 8.55. The summed E-state index contributed by atoms with van der Waals surface area (Å²) in [7, 11) is -2.21. The predicted molar refractivity (Wildman–Crippen MR) is 97.0 cm³/mol. The second kappa shape index (κ2) is 8.18. The molecule has 26 heavy (non-hydrogen) atoms. The molecule has 2 rings (SSSR count). The van der Waals surface area contributed by atoms with Crippen LogP contribution in [-0.2, 0) is 19.6 Å². The maximum atomic E-state index is 12.3.